The number of carbonyl (C=O) groups is 2. The van der Waals surface area contributed by atoms with Crippen molar-refractivity contribution in [1.82, 2.24) is 10.3 Å². The number of fused-ring (bicyclic) bond motifs is 1. The SMILES string of the molecule is O=C(NC1(C(=O)O)CCCCC1)c1cc2cc(F)ccc2[nH]1. The van der Waals surface area contributed by atoms with Crippen LogP contribution in [0.5, 0.6) is 0 Å². The molecular weight excluding hydrogens is 287 g/mol. The van der Waals surface area contributed by atoms with Crippen LogP contribution in [0, 0.1) is 5.82 Å². The molecule has 0 bridgehead atoms. The van der Waals surface area contributed by atoms with Gasteiger partial charge in [0, 0.05) is 10.9 Å². The number of rotatable bonds is 3. The van der Waals surface area contributed by atoms with Gasteiger partial charge in [-0.2, -0.15) is 0 Å². The van der Waals surface area contributed by atoms with Crippen LogP contribution in [0.2, 0.25) is 0 Å². The second kappa shape index (κ2) is 5.44. The maximum absolute atomic E-state index is 13.2. The van der Waals surface area contributed by atoms with E-state index in [1.165, 1.54) is 18.2 Å². The molecule has 1 fully saturated rings. The van der Waals surface area contributed by atoms with Crippen LogP contribution < -0.4 is 5.32 Å². The molecule has 1 aliphatic rings. The van der Waals surface area contributed by atoms with Gasteiger partial charge in [-0.15, -0.1) is 0 Å². The normalized spacial score (nSPS) is 17.3. The van der Waals surface area contributed by atoms with Crippen LogP contribution in [0.15, 0.2) is 24.3 Å². The molecule has 1 aromatic heterocycles. The quantitative estimate of drug-likeness (QED) is 0.815. The molecule has 0 unspecified atom stereocenters. The highest BCUT2D eigenvalue weighted by molar-refractivity contribution is 6.00. The Labute approximate surface area is 126 Å². The Balaban J connectivity index is 1.86. The second-order valence-corrected chi connectivity index (χ2v) is 5.82. The molecular formula is C16H17FN2O3. The predicted molar refractivity (Wildman–Crippen MR) is 79.2 cm³/mol. The lowest BCUT2D eigenvalue weighted by Gasteiger charge is -2.33. The van der Waals surface area contributed by atoms with Gasteiger partial charge in [0.05, 0.1) is 0 Å². The number of carboxylic acids is 1. The Bertz CT molecular complexity index is 732. The first-order chi connectivity index (χ1) is 10.5. The molecule has 0 aliphatic heterocycles. The smallest absolute Gasteiger partial charge is 0.329 e. The molecule has 1 aromatic carbocycles. The van der Waals surface area contributed by atoms with E-state index in [0.29, 0.717) is 23.7 Å². The average molecular weight is 304 g/mol. The van der Waals surface area contributed by atoms with E-state index in [9.17, 15) is 19.1 Å². The number of nitrogens with one attached hydrogen (secondary N) is 2. The molecule has 22 heavy (non-hydrogen) atoms. The zero-order valence-electron chi connectivity index (χ0n) is 12.0. The highest BCUT2D eigenvalue weighted by Gasteiger charge is 2.41. The van der Waals surface area contributed by atoms with Crippen LogP contribution in [0.4, 0.5) is 4.39 Å². The molecule has 0 spiro atoms. The molecule has 5 nitrogen and oxygen atoms in total. The fraction of sp³-hybridized carbons (Fsp3) is 0.375. The average Bonchev–Trinajstić information content (AvgIpc) is 2.91. The van der Waals surface area contributed by atoms with Gasteiger partial charge in [0.2, 0.25) is 0 Å². The summed E-state index contributed by atoms with van der Waals surface area (Å²) < 4.78 is 13.2. The van der Waals surface area contributed by atoms with Gasteiger partial charge >= 0.3 is 5.97 Å². The highest BCUT2D eigenvalue weighted by Crippen LogP contribution is 2.29. The minimum atomic E-state index is -1.20. The van der Waals surface area contributed by atoms with Gasteiger partial charge in [0.15, 0.2) is 0 Å². The van der Waals surface area contributed by atoms with E-state index in [2.05, 4.69) is 10.3 Å². The molecule has 1 saturated carbocycles. The van der Waals surface area contributed by atoms with Crippen molar-refractivity contribution in [2.45, 2.75) is 37.6 Å². The first kappa shape index (κ1) is 14.6. The van der Waals surface area contributed by atoms with E-state index < -0.39 is 17.4 Å². The minimum absolute atomic E-state index is 0.242. The summed E-state index contributed by atoms with van der Waals surface area (Å²) in [5, 5.41) is 12.7. The van der Waals surface area contributed by atoms with Crippen molar-refractivity contribution < 1.29 is 19.1 Å². The summed E-state index contributed by atoms with van der Waals surface area (Å²) >= 11 is 0. The molecule has 1 heterocycles. The summed E-state index contributed by atoms with van der Waals surface area (Å²) in [6.45, 7) is 0. The first-order valence-electron chi connectivity index (χ1n) is 7.34. The number of aromatic amines is 1. The van der Waals surface area contributed by atoms with Crippen molar-refractivity contribution in [2.75, 3.05) is 0 Å². The van der Waals surface area contributed by atoms with E-state index in [0.717, 1.165) is 19.3 Å². The molecule has 1 aliphatic carbocycles. The number of carboxylic acid groups (broad SMARTS) is 1. The van der Waals surface area contributed by atoms with E-state index in [-0.39, 0.29) is 11.5 Å². The zero-order chi connectivity index (χ0) is 15.7. The lowest BCUT2D eigenvalue weighted by molar-refractivity contribution is -0.145. The summed E-state index contributed by atoms with van der Waals surface area (Å²) in [7, 11) is 0. The Hall–Kier alpha value is -2.37. The highest BCUT2D eigenvalue weighted by atomic mass is 19.1. The van der Waals surface area contributed by atoms with Crippen LogP contribution in [-0.4, -0.2) is 27.5 Å². The molecule has 3 N–H and O–H groups in total. The lowest BCUT2D eigenvalue weighted by Crippen LogP contribution is -2.55. The van der Waals surface area contributed by atoms with Gasteiger partial charge in [-0.05, 0) is 37.1 Å². The number of hydrogen-bond acceptors (Lipinski definition) is 2. The van der Waals surface area contributed by atoms with E-state index in [1.54, 1.807) is 6.07 Å². The second-order valence-electron chi connectivity index (χ2n) is 5.82. The summed E-state index contributed by atoms with van der Waals surface area (Å²) in [5.74, 6) is -1.85. The monoisotopic (exact) mass is 304 g/mol. The third-order valence-electron chi connectivity index (χ3n) is 4.30. The Morgan fingerprint density at radius 2 is 1.91 bits per heavy atom. The number of H-pyrrole nitrogens is 1. The number of amides is 1. The largest absolute Gasteiger partial charge is 0.480 e. The summed E-state index contributed by atoms with van der Waals surface area (Å²) in [6.07, 6.45) is 3.41. The van der Waals surface area contributed by atoms with Gasteiger partial charge in [-0.25, -0.2) is 9.18 Å². The molecule has 0 radical (unpaired) electrons. The maximum Gasteiger partial charge on any atom is 0.329 e. The predicted octanol–water partition coefficient (Wildman–Crippen LogP) is 2.82. The maximum atomic E-state index is 13.2. The third kappa shape index (κ3) is 2.56. The molecule has 0 atom stereocenters. The van der Waals surface area contributed by atoms with Crippen molar-refractivity contribution >= 4 is 22.8 Å². The van der Waals surface area contributed by atoms with Crippen LogP contribution in [0.1, 0.15) is 42.6 Å². The van der Waals surface area contributed by atoms with Crippen molar-refractivity contribution in [2.24, 2.45) is 0 Å². The minimum Gasteiger partial charge on any atom is -0.480 e. The molecule has 6 heteroatoms. The first-order valence-corrected chi connectivity index (χ1v) is 7.34. The lowest BCUT2D eigenvalue weighted by atomic mass is 9.81. The Kier molecular flexibility index (Phi) is 3.60. The molecule has 2 aromatic rings. The number of carbonyl (C=O) groups excluding carboxylic acids is 1. The Morgan fingerprint density at radius 1 is 1.18 bits per heavy atom. The molecule has 1 amide bonds. The van der Waals surface area contributed by atoms with E-state index in [1.807, 2.05) is 0 Å². The molecule has 116 valence electrons. The van der Waals surface area contributed by atoms with Gasteiger partial charge in [-0.1, -0.05) is 19.3 Å². The molecule has 0 saturated heterocycles. The third-order valence-corrected chi connectivity index (χ3v) is 4.30. The van der Waals surface area contributed by atoms with Crippen molar-refractivity contribution in [3.05, 3.63) is 35.8 Å². The van der Waals surface area contributed by atoms with Crippen LogP contribution >= 0.6 is 0 Å². The van der Waals surface area contributed by atoms with Crippen LogP contribution in [0.3, 0.4) is 0 Å². The van der Waals surface area contributed by atoms with E-state index in [4.69, 9.17) is 0 Å². The Morgan fingerprint density at radius 3 is 2.59 bits per heavy atom. The van der Waals surface area contributed by atoms with Gasteiger partial charge in [-0.3, -0.25) is 4.79 Å². The van der Waals surface area contributed by atoms with Crippen molar-refractivity contribution in [3.63, 3.8) is 0 Å². The van der Waals surface area contributed by atoms with Crippen molar-refractivity contribution in [1.29, 1.82) is 0 Å². The van der Waals surface area contributed by atoms with Gasteiger partial charge in [0.1, 0.15) is 17.1 Å². The summed E-state index contributed by atoms with van der Waals surface area (Å²) in [6, 6.07) is 5.72. The van der Waals surface area contributed by atoms with Crippen molar-refractivity contribution in [3.8, 4) is 0 Å². The van der Waals surface area contributed by atoms with E-state index >= 15 is 0 Å². The fourth-order valence-electron chi connectivity index (χ4n) is 3.06. The summed E-state index contributed by atoms with van der Waals surface area (Å²) in [5.41, 5.74) is -0.316. The van der Waals surface area contributed by atoms with Crippen LogP contribution in [-0.2, 0) is 4.79 Å². The fourth-order valence-corrected chi connectivity index (χ4v) is 3.06. The van der Waals surface area contributed by atoms with Gasteiger partial charge in [0.25, 0.3) is 5.91 Å². The zero-order valence-corrected chi connectivity index (χ0v) is 12.0. The number of benzene rings is 1. The number of aliphatic carboxylic acids is 1. The van der Waals surface area contributed by atoms with Crippen LogP contribution in [0.25, 0.3) is 10.9 Å². The topological polar surface area (TPSA) is 82.2 Å². The number of halogens is 1. The molecule has 3 rings (SSSR count). The standard InChI is InChI=1S/C16H17FN2O3/c17-11-4-5-12-10(8-11)9-13(18-12)14(20)19-16(15(21)22)6-2-1-3-7-16/h4-5,8-9,18H,1-3,6-7H2,(H,19,20)(H,21,22). The number of hydrogen-bond donors (Lipinski definition) is 3. The number of aromatic nitrogens is 1. The van der Waals surface area contributed by atoms with Gasteiger partial charge < -0.3 is 15.4 Å². The summed E-state index contributed by atoms with van der Waals surface area (Å²) in [4.78, 5) is 26.9.